The molecule has 1 heterocycles. The largest absolute Gasteiger partial charge is 0.344 e. The second kappa shape index (κ2) is 4.03. The Kier molecular flexibility index (Phi) is 2.98. The monoisotopic (exact) mass is 155 g/mol. The van der Waals surface area contributed by atoms with Gasteiger partial charge in [0, 0.05) is 12.4 Å². The SMILES string of the molecule is CC(F)OCc1ccncc1. The Balaban J connectivity index is 2.39. The maximum Gasteiger partial charge on any atom is 0.196 e. The highest BCUT2D eigenvalue weighted by Crippen LogP contribution is 2.01. The van der Waals surface area contributed by atoms with Crippen molar-refractivity contribution in [3.05, 3.63) is 30.1 Å². The second-order valence-corrected chi connectivity index (χ2v) is 2.21. The molecule has 1 unspecified atom stereocenters. The van der Waals surface area contributed by atoms with Gasteiger partial charge in [0.05, 0.1) is 6.61 Å². The minimum atomic E-state index is -1.21. The minimum Gasteiger partial charge on any atom is -0.344 e. The van der Waals surface area contributed by atoms with Crippen LogP contribution in [0.4, 0.5) is 4.39 Å². The summed E-state index contributed by atoms with van der Waals surface area (Å²) < 4.78 is 16.9. The molecule has 0 fully saturated rings. The summed E-state index contributed by atoms with van der Waals surface area (Å²) >= 11 is 0. The molecule has 0 spiro atoms. The number of nitrogens with zero attached hydrogens (tertiary/aromatic N) is 1. The quantitative estimate of drug-likeness (QED) is 0.665. The first kappa shape index (κ1) is 8.14. The zero-order chi connectivity index (χ0) is 8.10. The lowest BCUT2D eigenvalue weighted by molar-refractivity contribution is -0.0349. The first-order valence-corrected chi connectivity index (χ1v) is 3.43. The lowest BCUT2D eigenvalue weighted by atomic mass is 10.3. The van der Waals surface area contributed by atoms with Crippen LogP contribution in [0.2, 0.25) is 0 Å². The predicted molar refractivity (Wildman–Crippen MR) is 39.6 cm³/mol. The van der Waals surface area contributed by atoms with E-state index >= 15 is 0 Å². The molecule has 0 aromatic carbocycles. The fourth-order valence-electron chi connectivity index (χ4n) is 0.690. The zero-order valence-corrected chi connectivity index (χ0v) is 6.33. The summed E-state index contributed by atoms with van der Waals surface area (Å²) in [5.41, 5.74) is 0.935. The fraction of sp³-hybridized carbons (Fsp3) is 0.375. The van der Waals surface area contributed by atoms with Crippen LogP contribution in [0.25, 0.3) is 0 Å². The molecule has 0 aliphatic carbocycles. The third-order valence-electron chi connectivity index (χ3n) is 1.23. The van der Waals surface area contributed by atoms with Crippen LogP contribution in [-0.4, -0.2) is 11.3 Å². The predicted octanol–water partition coefficient (Wildman–Crippen LogP) is 1.91. The van der Waals surface area contributed by atoms with E-state index in [0.29, 0.717) is 6.61 Å². The molecule has 0 bridgehead atoms. The molecule has 1 atom stereocenters. The van der Waals surface area contributed by atoms with Crippen molar-refractivity contribution >= 4 is 0 Å². The lowest BCUT2D eigenvalue weighted by Gasteiger charge is -2.03. The van der Waals surface area contributed by atoms with Gasteiger partial charge in [0.1, 0.15) is 0 Å². The first-order chi connectivity index (χ1) is 5.29. The van der Waals surface area contributed by atoms with E-state index in [4.69, 9.17) is 4.74 Å². The first-order valence-electron chi connectivity index (χ1n) is 3.43. The number of ether oxygens (including phenoxy) is 1. The van der Waals surface area contributed by atoms with Gasteiger partial charge in [-0.15, -0.1) is 0 Å². The molecule has 60 valence electrons. The van der Waals surface area contributed by atoms with Gasteiger partial charge < -0.3 is 4.74 Å². The van der Waals surface area contributed by atoms with E-state index in [0.717, 1.165) is 5.56 Å². The molecular formula is C8H10FNO. The number of pyridine rings is 1. The van der Waals surface area contributed by atoms with Gasteiger partial charge in [-0.25, -0.2) is 4.39 Å². The highest BCUT2D eigenvalue weighted by molar-refractivity contribution is 5.07. The van der Waals surface area contributed by atoms with E-state index in [1.54, 1.807) is 24.5 Å². The van der Waals surface area contributed by atoms with Crippen molar-refractivity contribution < 1.29 is 9.13 Å². The molecule has 1 rings (SSSR count). The fourth-order valence-corrected chi connectivity index (χ4v) is 0.690. The Hall–Kier alpha value is -0.960. The smallest absolute Gasteiger partial charge is 0.196 e. The van der Waals surface area contributed by atoms with E-state index in [-0.39, 0.29) is 0 Å². The van der Waals surface area contributed by atoms with Crippen molar-refractivity contribution in [2.75, 3.05) is 0 Å². The number of halogens is 1. The topological polar surface area (TPSA) is 22.1 Å². The van der Waals surface area contributed by atoms with Gasteiger partial charge in [-0.1, -0.05) is 0 Å². The Labute approximate surface area is 65.0 Å². The van der Waals surface area contributed by atoms with E-state index < -0.39 is 6.36 Å². The molecule has 0 N–H and O–H groups in total. The van der Waals surface area contributed by atoms with E-state index in [9.17, 15) is 4.39 Å². The van der Waals surface area contributed by atoms with E-state index in [1.165, 1.54) is 6.92 Å². The van der Waals surface area contributed by atoms with E-state index in [2.05, 4.69) is 4.98 Å². The van der Waals surface area contributed by atoms with Gasteiger partial charge in [0.25, 0.3) is 0 Å². The molecule has 2 nitrogen and oxygen atoms in total. The minimum absolute atomic E-state index is 0.306. The summed E-state index contributed by atoms with van der Waals surface area (Å²) in [7, 11) is 0. The zero-order valence-electron chi connectivity index (χ0n) is 6.33. The number of hydrogen-bond donors (Lipinski definition) is 0. The number of hydrogen-bond acceptors (Lipinski definition) is 2. The standard InChI is InChI=1S/C8H10FNO/c1-7(9)11-6-8-2-4-10-5-3-8/h2-5,7H,6H2,1H3. The molecule has 0 radical (unpaired) electrons. The summed E-state index contributed by atoms with van der Waals surface area (Å²) in [5, 5.41) is 0. The maximum atomic E-state index is 12.1. The van der Waals surface area contributed by atoms with Gasteiger partial charge in [0.15, 0.2) is 6.36 Å². The van der Waals surface area contributed by atoms with Gasteiger partial charge in [-0.2, -0.15) is 0 Å². The van der Waals surface area contributed by atoms with Crippen LogP contribution in [0, 0.1) is 0 Å². The Morgan fingerprint density at radius 3 is 2.73 bits per heavy atom. The van der Waals surface area contributed by atoms with Crippen molar-refractivity contribution in [2.24, 2.45) is 0 Å². The van der Waals surface area contributed by atoms with Crippen molar-refractivity contribution in [3.8, 4) is 0 Å². The van der Waals surface area contributed by atoms with Crippen molar-refractivity contribution in [1.82, 2.24) is 4.98 Å². The Morgan fingerprint density at radius 1 is 1.55 bits per heavy atom. The van der Waals surface area contributed by atoms with Crippen LogP contribution in [0.15, 0.2) is 24.5 Å². The average molecular weight is 155 g/mol. The van der Waals surface area contributed by atoms with Crippen molar-refractivity contribution in [1.29, 1.82) is 0 Å². The van der Waals surface area contributed by atoms with Gasteiger partial charge in [-0.3, -0.25) is 4.98 Å². The van der Waals surface area contributed by atoms with Crippen LogP contribution in [-0.2, 0) is 11.3 Å². The summed E-state index contributed by atoms with van der Waals surface area (Å²) in [6, 6.07) is 3.59. The van der Waals surface area contributed by atoms with Crippen molar-refractivity contribution in [3.63, 3.8) is 0 Å². The number of rotatable bonds is 3. The average Bonchev–Trinajstić information content (AvgIpc) is 2.03. The molecule has 0 saturated heterocycles. The van der Waals surface area contributed by atoms with Crippen LogP contribution in [0.5, 0.6) is 0 Å². The highest BCUT2D eigenvalue weighted by Gasteiger charge is 1.96. The molecule has 1 aromatic heterocycles. The van der Waals surface area contributed by atoms with E-state index in [1.807, 2.05) is 0 Å². The summed E-state index contributed by atoms with van der Waals surface area (Å²) in [4.78, 5) is 3.82. The Bertz CT molecular complexity index is 201. The molecule has 0 amide bonds. The number of alkyl halides is 1. The van der Waals surface area contributed by atoms with Crippen LogP contribution >= 0.6 is 0 Å². The summed E-state index contributed by atoms with van der Waals surface area (Å²) in [5.74, 6) is 0. The van der Waals surface area contributed by atoms with Gasteiger partial charge >= 0.3 is 0 Å². The molecule has 1 aromatic rings. The Morgan fingerprint density at radius 2 is 2.18 bits per heavy atom. The normalized spacial score (nSPS) is 12.9. The van der Waals surface area contributed by atoms with Gasteiger partial charge in [-0.05, 0) is 24.6 Å². The molecule has 0 aliphatic heterocycles. The molecule has 0 aliphatic rings. The molecule has 0 saturated carbocycles. The van der Waals surface area contributed by atoms with Crippen LogP contribution in [0.1, 0.15) is 12.5 Å². The number of aromatic nitrogens is 1. The van der Waals surface area contributed by atoms with Crippen LogP contribution in [0.3, 0.4) is 0 Å². The third kappa shape index (κ3) is 3.09. The van der Waals surface area contributed by atoms with Crippen molar-refractivity contribution in [2.45, 2.75) is 19.9 Å². The van der Waals surface area contributed by atoms with Crippen LogP contribution < -0.4 is 0 Å². The second-order valence-electron chi connectivity index (χ2n) is 2.21. The summed E-state index contributed by atoms with van der Waals surface area (Å²) in [6.07, 6.45) is 2.10. The molecule has 11 heavy (non-hydrogen) atoms. The third-order valence-corrected chi connectivity index (χ3v) is 1.23. The maximum absolute atomic E-state index is 12.1. The summed E-state index contributed by atoms with van der Waals surface area (Å²) in [6.45, 7) is 1.67. The molecule has 3 heteroatoms. The molecular weight excluding hydrogens is 145 g/mol. The lowest BCUT2D eigenvalue weighted by Crippen LogP contribution is -2.00. The highest BCUT2D eigenvalue weighted by atomic mass is 19.1. The van der Waals surface area contributed by atoms with Gasteiger partial charge in [0.2, 0.25) is 0 Å².